The largest absolute Gasteiger partial charge is 0.480 e. The molecule has 50 heavy (non-hydrogen) atoms. The fraction of sp³-hybridized carbons (Fsp3) is 0.724. The lowest BCUT2D eigenvalue weighted by Crippen LogP contribution is -2.60. The van der Waals surface area contributed by atoms with Gasteiger partial charge in [0.05, 0.1) is 19.3 Å². The highest BCUT2D eigenvalue weighted by Crippen LogP contribution is 2.21. The van der Waals surface area contributed by atoms with Crippen molar-refractivity contribution in [2.75, 3.05) is 25.5 Å². The lowest BCUT2D eigenvalue weighted by atomic mass is 10.0. The minimum atomic E-state index is -1.72. The second kappa shape index (κ2) is 21.2. The quantitative estimate of drug-likeness (QED) is 0.0490. The highest BCUT2D eigenvalue weighted by atomic mass is 32.1. The molecule has 0 spiro atoms. The van der Waals surface area contributed by atoms with Gasteiger partial charge in [-0.3, -0.25) is 33.6 Å². The second-order valence-electron chi connectivity index (χ2n) is 12.3. The van der Waals surface area contributed by atoms with E-state index in [1.165, 1.54) is 4.90 Å². The van der Waals surface area contributed by atoms with E-state index in [2.05, 4.69) is 39.2 Å². The number of amides is 7. The second-order valence-corrected chi connectivity index (χ2v) is 12.7. The standard InChI is InChI=1S/C29H50N8O12S/c1-13(2)9-17(33-25(44)18(11-39)34-26(45)19(12-50)35-23(42)15(30)10-38)28(47)37-8-4-5-20(37)27(46)32-16(6-7-21(31)41)24(43)36-22(14(3)40)29(48)49/h13-20,22,38-40,50H,4-12,30H2,1-3H3,(H2,31,41)(H,32,46)(H,33,44)(H,34,45)(H,35,42)(H,36,43)(H,48,49). The van der Waals surface area contributed by atoms with Crippen LogP contribution in [0.3, 0.4) is 0 Å². The molecule has 1 fully saturated rings. The Labute approximate surface area is 294 Å². The van der Waals surface area contributed by atoms with E-state index in [9.17, 15) is 53.7 Å². The molecule has 0 aromatic rings. The van der Waals surface area contributed by atoms with E-state index in [4.69, 9.17) is 16.6 Å². The molecule has 0 aromatic heterocycles. The van der Waals surface area contributed by atoms with Crippen molar-refractivity contribution >= 4 is 59.9 Å². The number of nitrogens with one attached hydrogen (secondary N) is 5. The Morgan fingerprint density at radius 3 is 1.88 bits per heavy atom. The third-order valence-electron chi connectivity index (χ3n) is 7.68. The number of nitrogens with two attached hydrogens (primary N) is 2. The molecule has 20 nitrogen and oxygen atoms in total. The van der Waals surface area contributed by atoms with Crippen LogP contribution in [0.5, 0.6) is 0 Å². The monoisotopic (exact) mass is 734 g/mol. The van der Waals surface area contributed by atoms with E-state index in [1.54, 1.807) is 13.8 Å². The summed E-state index contributed by atoms with van der Waals surface area (Å²) in [6, 6.07) is -9.74. The Kier molecular flexibility index (Phi) is 18.7. The number of carbonyl (C=O) groups excluding carboxylic acids is 7. The molecule has 1 aliphatic heterocycles. The fourth-order valence-electron chi connectivity index (χ4n) is 4.96. The molecule has 8 atom stereocenters. The molecule has 1 aliphatic rings. The van der Waals surface area contributed by atoms with E-state index < -0.39 is 109 Å². The maximum absolute atomic E-state index is 13.8. The Morgan fingerprint density at radius 1 is 0.820 bits per heavy atom. The van der Waals surface area contributed by atoms with Gasteiger partial charge in [0.25, 0.3) is 0 Å². The molecule has 8 unspecified atom stereocenters. The zero-order valence-corrected chi connectivity index (χ0v) is 29.1. The first-order valence-electron chi connectivity index (χ1n) is 16.0. The Balaban J connectivity index is 3.15. The van der Waals surface area contributed by atoms with E-state index in [0.717, 1.165) is 6.92 Å². The third-order valence-corrected chi connectivity index (χ3v) is 8.05. The third kappa shape index (κ3) is 13.7. The number of aliphatic hydroxyl groups is 3. The lowest BCUT2D eigenvalue weighted by Gasteiger charge is -2.31. The van der Waals surface area contributed by atoms with E-state index in [1.807, 2.05) is 0 Å². The molecular formula is C29H50N8O12S. The summed E-state index contributed by atoms with van der Waals surface area (Å²) in [4.78, 5) is 102. The number of thiol groups is 1. The summed E-state index contributed by atoms with van der Waals surface area (Å²) in [7, 11) is 0. The van der Waals surface area contributed by atoms with Crippen molar-refractivity contribution in [2.45, 2.75) is 101 Å². The first-order valence-corrected chi connectivity index (χ1v) is 16.6. The van der Waals surface area contributed by atoms with Gasteiger partial charge in [0.15, 0.2) is 6.04 Å². The van der Waals surface area contributed by atoms with Crippen molar-refractivity contribution in [3.63, 3.8) is 0 Å². The van der Waals surface area contributed by atoms with Crippen molar-refractivity contribution < 1.29 is 58.8 Å². The number of hydrogen-bond donors (Lipinski definition) is 12. The maximum Gasteiger partial charge on any atom is 0.328 e. The van der Waals surface area contributed by atoms with Crippen LogP contribution in [0, 0.1) is 5.92 Å². The van der Waals surface area contributed by atoms with Gasteiger partial charge in [-0.15, -0.1) is 0 Å². The topological polar surface area (TPSA) is 333 Å². The molecule has 1 heterocycles. The molecule has 0 bridgehead atoms. The van der Waals surface area contributed by atoms with Crippen LogP contribution in [-0.4, -0.2) is 147 Å². The van der Waals surface area contributed by atoms with E-state index in [-0.39, 0.29) is 43.9 Å². The first-order chi connectivity index (χ1) is 23.4. The maximum atomic E-state index is 13.8. The number of likely N-dealkylation sites (tertiary alicyclic amines) is 1. The van der Waals surface area contributed by atoms with Crippen molar-refractivity contribution in [1.29, 1.82) is 0 Å². The van der Waals surface area contributed by atoms with Gasteiger partial charge in [0, 0.05) is 18.7 Å². The Bertz CT molecular complexity index is 1240. The first kappa shape index (κ1) is 44.0. The Hall–Kier alpha value is -4.05. The molecule has 0 aliphatic carbocycles. The predicted molar refractivity (Wildman–Crippen MR) is 178 cm³/mol. The van der Waals surface area contributed by atoms with Crippen LogP contribution in [0.15, 0.2) is 0 Å². The number of primary amides is 1. The summed E-state index contributed by atoms with van der Waals surface area (Å²) in [5, 5.41) is 49.6. The molecule has 1 rings (SSSR count). The number of aliphatic hydroxyl groups excluding tert-OH is 3. The number of hydrogen-bond acceptors (Lipinski definition) is 13. The lowest BCUT2D eigenvalue weighted by molar-refractivity contribution is -0.146. The normalized spacial score (nSPS) is 18.4. The van der Waals surface area contributed by atoms with Crippen LogP contribution in [-0.2, 0) is 38.4 Å². The van der Waals surface area contributed by atoms with Crippen molar-refractivity contribution in [1.82, 2.24) is 31.5 Å². The summed E-state index contributed by atoms with van der Waals surface area (Å²) in [6.45, 7) is 3.16. The van der Waals surface area contributed by atoms with Gasteiger partial charge in [-0.05, 0) is 38.5 Å². The molecule has 284 valence electrons. The minimum Gasteiger partial charge on any atom is -0.480 e. The minimum absolute atomic E-state index is 0.0788. The number of aliphatic carboxylic acids is 1. The van der Waals surface area contributed by atoms with Crippen LogP contribution in [0.1, 0.15) is 52.9 Å². The summed E-state index contributed by atoms with van der Waals surface area (Å²) < 4.78 is 0. The summed E-state index contributed by atoms with van der Waals surface area (Å²) in [5.74, 6) is -7.96. The molecule has 1 saturated heterocycles. The van der Waals surface area contributed by atoms with Gasteiger partial charge in [-0.1, -0.05) is 13.8 Å². The van der Waals surface area contributed by atoms with Gasteiger partial charge in [-0.25, -0.2) is 4.79 Å². The van der Waals surface area contributed by atoms with Crippen LogP contribution in [0.25, 0.3) is 0 Å². The van der Waals surface area contributed by atoms with Crippen LogP contribution >= 0.6 is 12.6 Å². The van der Waals surface area contributed by atoms with Gasteiger partial charge in [0.1, 0.15) is 36.3 Å². The Morgan fingerprint density at radius 2 is 1.38 bits per heavy atom. The zero-order valence-electron chi connectivity index (χ0n) is 28.2. The van der Waals surface area contributed by atoms with Gasteiger partial charge in [-0.2, -0.15) is 12.6 Å². The van der Waals surface area contributed by atoms with E-state index in [0.29, 0.717) is 6.42 Å². The predicted octanol–water partition coefficient (Wildman–Crippen LogP) is -5.58. The average Bonchev–Trinajstić information content (AvgIpc) is 3.54. The van der Waals surface area contributed by atoms with Crippen LogP contribution in [0.4, 0.5) is 0 Å². The summed E-state index contributed by atoms with van der Waals surface area (Å²) in [6.07, 6.45) is -1.58. The van der Waals surface area contributed by atoms with Crippen LogP contribution in [0.2, 0.25) is 0 Å². The van der Waals surface area contributed by atoms with Crippen LogP contribution < -0.4 is 38.1 Å². The smallest absolute Gasteiger partial charge is 0.328 e. The molecular weight excluding hydrogens is 684 g/mol. The molecule has 0 aromatic carbocycles. The van der Waals surface area contributed by atoms with E-state index >= 15 is 0 Å². The molecule has 7 amide bonds. The molecule has 21 heteroatoms. The van der Waals surface area contributed by atoms with Crippen molar-refractivity contribution in [2.24, 2.45) is 17.4 Å². The average molecular weight is 735 g/mol. The van der Waals surface area contributed by atoms with Crippen molar-refractivity contribution in [3.05, 3.63) is 0 Å². The van der Waals surface area contributed by atoms with Gasteiger partial charge >= 0.3 is 5.97 Å². The highest BCUT2D eigenvalue weighted by molar-refractivity contribution is 7.80. The number of nitrogens with zero attached hydrogens (tertiary/aromatic N) is 1. The highest BCUT2D eigenvalue weighted by Gasteiger charge is 2.40. The van der Waals surface area contributed by atoms with Gasteiger partial charge < -0.3 is 63.4 Å². The van der Waals surface area contributed by atoms with Crippen molar-refractivity contribution in [3.8, 4) is 0 Å². The fourth-order valence-corrected chi connectivity index (χ4v) is 5.21. The summed E-state index contributed by atoms with van der Waals surface area (Å²) in [5.41, 5.74) is 10.7. The summed E-state index contributed by atoms with van der Waals surface area (Å²) >= 11 is 4.01. The SMILES string of the molecule is CC(C)CC(NC(=O)C(CO)NC(=O)C(CS)NC(=O)C(N)CO)C(=O)N1CCCC1C(=O)NC(CCC(N)=O)C(=O)NC(C(=O)O)C(C)O. The zero-order chi connectivity index (χ0) is 38.3. The number of rotatable bonds is 21. The van der Waals surface area contributed by atoms with Gasteiger partial charge in [0.2, 0.25) is 41.4 Å². The number of carboxylic acid groups (broad SMARTS) is 1. The molecule has 0 radical (unpaired) electrons. The molecule has 13 N–H and O–H groups in total. The molecule has 0 saturated carbocycles. The number of carboxylic acids is 1. The number of carbonyl (C=O) groups is 8.